The molecule has 0 radical (unpaired) electrons. The molecule has 1 saturated heterocycles. The Morgan fingerprint density at radius 1 is 1.09 bits per heavy atom. The second kappa shape index (κ2) is 9.37. The van der Waals surface area contributed by atoms with Gasteiger partial charge in [0.1, 0.15) is 0 Å². The molecule has 190 valence electrons. The van der Waals surface area contributed by atoms with Crippen molar-refractivity contribution in [2.75, 3.05) is 33.2 Å². The largest absolute Gasteiger partial charge is 0.393 e. The molecule has 7 atom stereocenters. The number of carbonyl (C=O) groups is 1. The average Bonchev–Trinajstić information content (AvgIpc) is 3.17. The highest BCUT2D eigenvalue weighted by molar-refractivity contribution is 5.75. The zero-order valence-corrected chi connectivity index (χ0v) is 22.0. The highest BCUT2D eigenvalue weighted by atomic mass is 16.3. The summed E-state index contributed by atoms with van der Waals surface area (Å²) in [6.07, 6.45) is 14.5. The summed E-state index contributed by atoms with van der Waals surface area (Å²) in [6, 6.07) is 0. The highest BCUT2D eigenvalue weighted by Gasteiger charge is 2.56. The first-order valence-electron chi connectivity index (χ1n) is 14.0. The van der Waals surface area contributed by atoms with Crippen LogP contribution in [0.2, 0.25) is 0 Å². The Labute approximate surface area is 207 Å². The van der Waals surface area contributed by atoms with Gasteiger partial charge in [0.2, 0.25) is 5.91 Å². The molecule has 4 aliphatic carbocycles. The minimum atomic E-state index is -0.145. The van der Waals surface area contributed by atoms with E-state index in [1.165, 1.54) is 31.3 Å². The van der Waals surface area contributed by atoms with E-state index in [9.17, 15) is 9.90 Å². The van der Waals surface area contributed by atoms with Crippen LogP contribution < -0.4 is 5.43 Å². The number of allylic oxidation sites excluding steroid dienone is 3. The van der Waals surface area contributed by atoms with Crippen LogP contribution in [0.4, 0.5) is 0 Å². The summed E-state index contributed by atoms with van der Waals surface area (Å²) in [5.41, 5.74) is 7.00. The number of hydrogen-bond acceptors (Lipinski definition) is 4. The predicted molar refractivity (Wildman–Crippen MR) is 137 cm³/mol. The molecule has 0 spiro atoms. The summed E-state index contributed by atoms with van der Waals surface area (Å²) in [5, 5.41) is 12.3. The number of aliphatic hydroxyl groups is 1. The molecule has 1 heterocycles. The van der Waals surface area contributed by atoms with Crippen LogP contribution in [0.5, 0.6) is 0 Å². The van der Waals surface area contributed by atoms with Gasteiger partial charge < -0.3 is 10.0 Å². The van der Waals surface area contributed by atoms with Crippen LogP contribution in [0.3, 0.4) is 0 Å². The van der Waals surface area contributed by atoms with E-state index < -0.39 is 0 Å². The number of likely N-dealkylation sites (N-methyl/N-ethyl adjacent to an activating group) is 1. The quantitative estimate of drug-likeness (QED) is 0.621. The second-order valence-corrected chi connectivity index (χ2v) is 12.8. The third-order valence-electron chi connectivity index (χ3n) is 10.9. The summed E-state index contributed by atoms with van der Waals surface area (Å²) in [5.74, 6) is 2.85. The van der Waals surface area contributed by atoms with Gasteiger partial charge >= 0.3 is 0 Å². The number of aliphatic hydroxyl groups excluding tert-OH is 1. The maximum Gasteiger partial charge on any atom is 0.234 e. The number of piperazine rings is 1. The maximum absolute atomic E-state index is 12.7. The molecule has 5 rings (SSSR count). The number of amides is 1. The Morgan fingerprint density at radius 3 is 2.62 bits per heavy atom. The number of nitrogens with one attached hydrogen (secondary N) is 1. The third-order valence-corrected chi connectivity index (χ3v) is 10.9. The fourth-order valence-electron chi connectivity index (χ4n) is 8.67. The molecule has 3 saturated carbocycles. The van der Waals surface area contributed by atoms with Crippen molar-refractivity contribution in [2.24, 2.45) is 34.5 Å². The van der Waals surface area contributed by atoms with Gasteiger partial charge in [0, 0.05) is 32.6 Å². The van der Waals surface area contributed by atoms with Crippen LogP contribution in [0.1, 0.15) is 78.6 Å². The first-order valence-corrected chi connectivity index (χ1v) is 14.0. The van der Waals surface area contributed by atoms with Gasteiger partial charge in [-0.3, -0.25) is 10.2 Å². The van der Waals surface area contributed by atoms with Crippen molar-refractivity contribution in [3.63, 3.8) is 0 Å². The number of nitrogens with zero attached hydrogens (tertiary/aromatic N) is 2. The fourth-order valence-corrected chi connectivity index (χ4v) is 8.67. The molecule has 5 nitrogen and oxygen atoms in total. The summed E-state index contributed by atoms with van der Waals surface area (Å²) in [6.45, 7) is 11.3. The number of rotatable bonds is 5. The lowest BCUT2D eigenvalue weighted by molar-refractivity contribution is -0.127. The van der Waals surface area contributed by atoms with E-state index in [2.05, 4.69) is 55.3 Å². The standard InChI is InChI=1S/C29H47N3O2/c1-20(5-10-27(34)30-32-17-15-31(4)16-18-32)24-8-9-25-23-7-6-21-19-22(33)11-13-28(21,2)26(23)12-14-29(24,25)3/h6-7,20,22,24-26,33H,5,8-19H2,1-4H3,(H,30,34)/t20-,22+,24-,25+,26+,28+,29-/m1/s1. The summed E-state index contributed by atoms with van der Waals surface area (Å²) in [7, 11) is 2.14. The summed E-state index contributed by atoms with van der Waals surface area (Å²) >= 11 is 0. The second-order valence-electron chi connectivity index (χ2n) is 12.8. The molecule has 4 fully saturated rings. The molecule has 0 aromatic heterocycles. The zero-order valence-electron chi connectivity index (χ0n) is 22.0. The normalized spacial score (nSPS) is 41.6. The lowest BCUT2D eigenvalue weighted by Gasteiger charge is -2.55. The van der Waals surface area contributed by atoms with Crippen molar-refractivity contribution in [1.82, 2.24) is 15.3 Å². The molecule has 1 aliphatic heterocycles. The first-order chi connectivity index (χ1) is 16.2. The van der Waals surface area contributed by atoms with E-state index >= 15 is 0 Å². The van der Waals surface area contributed by atoms with Crippen molar-refractivity contribution in [2.45, 2.75) is 84.7 Å². The van der Waals surface area contributed by atoms with Gasteiger partial charge in [-0.1, -0.05) is 44.1 Å². The molecule has 0 bridgehead atoms. The molecule has 2 N–H and O–H groups in total. The van der Waals surface area contributed by atoms with Gasteiger partial charge in [-0.15, -0.1) is 0 Å². The average molecular weight is 470 g/mol. The minimum absolute atomic E-state index is 0.145. The van der Waals surface area contributed by atoms with Crippen LogP contribution in [-0.2, 0) is 4.79 Å². The third kappa shape index (κ3) is 4.30. The topological polar surface area (TPSA) is 55.8 Å². The fraction of sp³-hybridized carbons (Fsp3) is 0.828. The Hall–Kier alpha value is -1.17. The van der Waals surface area contributed by atoms with Gasteiger partial charge in [0.05, 0.1) is 6.10 Å². The summed E-state index contributed by atoms with van der Waals surface area (Å²) < 4.78 is 0. The maximum atomic E-state index is 12.7. The van der Waals surface area contributed by atoms with Crippen molar-refractivity contribution in [3.8, 4) is 0 Å². The Balaban J connectivity index is 1.21. The van der Waals surface area contributed by atoms with Crippen molar-refractivity contribution < 1.29 is 9.90 Å². The van der Waals surface area contributed by atoms with Crippen LogP contribution in [-0.4, -0.2) is 60.3 Å². The van der Waals surface area contributed by atoms with E-state index in [-0.39, 0.29) is 17.4 Å². The van der Waals surface area contributed by atoms with E-state index in [1.54, 1.807) is 5.57 Å². The molecule has 5 aliphatic rings. The lowest BCUT2D eigenvalue weighted by Crippen LogP contribution is -2.52. The monoisotopic (exact) mass is 469 g/mol. The number of hydrazine groups is 1. The van der Waals surface area contributed by atoms with E-state index in [0.29, 0.717) is 35.5 Å². The summed E-state index contributed by atoms with van der Waals surface area (Å²) in [4.78, 5) is 15.0. The van der Waals surface area contributed by atoms with E-state index in [1.807, 2.05) is 0 Å². The molecule has 0 aromatic rings. The molecule has 1 amide bonds. The number of fused-ring (bicyclic) bond motifs is 5. The first kappa shape index (κ1) is 24.5. The van der Waals surface area contributed by atoms with Gasteiger partial charge in [-0.05, 0) is 92.9 Å². The van der Waals surface area contributed by atoms with E-state index in [4.69, 9.17) is 0 Å². The van der Waals surface area contributed by atoms with Crippen molar-refractivity contribution in [3.05, 3.63) is 23.3 Å². The van der Waals surface area contributed by atoms with Crippen molar-refractivity contribution >= 4 is 5.91 Å². The predicted octanol–water partition coefficient (Wildman–Crippen LogP) is 4.54. The van der Waals surface area contributed by atoms with Crippen LogP contribution in [0.15, 0.2) is 23.3 Å². The van der Waals surface area contributed by atoms with Crippen LogP contribution in [0.25, 0.3) is 0 Å². The smallest absolute Gasteiger partial charge is 0.234 e. The van der Waals surface area contributed by atoms with Gasteiger partial charge in [0.15, 0.2) is 0 Å². The van der Waals surface area contributed by atoms with Gasteiger partial charge in [0.25, 0.3) is 0 Å². The lowest BCUT2D eigenvalue weighted by atomic mass is 9.50. The molecule has 34 heavy (non-hydrogen) atoms. The molecule has 0 aromatic carbocycles. The van der Waals surface area contributed by atoms with Gasteiger partial charge in [-0.2, -0.15) is 0 Å². The van der Waals surface area contributed by atoms with E-state index in [0.717, 1.165) is 51.9 Å². The number of carbonyl (C=O) groups excluding carboxylic acids is 1. The minimum Gasteiger partial charge on any atom is -0.393 e. The SMILES string of the molecule is C[C@H](CCC(=O)NN1CCN(C)CC1)[C@H]1CC[C@H]2C3=CC=C4C[C@@H](O)CC[C@]4(C)[C@H]3CC[C@]12C. The molecule has 0 unspecified atom stereocenters. The van der Waals surface area contributed by atoms with Crippen LogP contribution in [0, 0.1) is 34.5 Å². The zero-order chi connectivity index (χ0) is 24.1. The Bertz CT molecular complexity index is 844. The Kier molecular flexibility index (Phi) is 6.76. The number of hydrogen-bond donors (Lipinski definition) is 2. The molecular weight excluding hydrogens is 422 g/mol. The van der Waals surface area contributed by atoms with Gasteiger partial charge in [-0.25, -0.2) is 5.01 Å². The van der Waals surface area contributed by atoms with Crippen LogP contribution >= 0.6 is 0 Å². The highest BCUT2D eigenvalue weighted by Crippen LogP contribution is 2.66. The van der Waals surface area contributed by atoms with Crippen molar-refractivity contribution in [1.29, 1.82) is 0 Å². The molecule has 5 heteroatoms. The Morgan fingerprint density at radius 2 is 1.85 bits per heavy atom. The molecular formula is C29H47N3O2.